The Hall–Kier alpha value is -0.940. The molecule has 5 nitrogen and oxygen atoms in total. The van der Waals surface area contributed by atoms with Crippen molar-refractivity contribution in [2.45, 2.75) is 57.1 Å². The van der Waals surface area contributed by atoms with Crippen molar-refractivity contribution < 1.29 is 9.26 Å². The predicted molar refractivity (Wildman–Crippen MR) is 65.7 cm³/mol. The van der Waals surface area contributed by atoms with Gasteiger partial charge in [-0.1, -0.05) is 24.9 Å². The van der Waals surface area contributed by atoms with Crippen LogP contribution in [0.2, 0.25) is 0 Å². The molecular formula is C13H21N3O2. The normalized spacial score (nSPS) is 37.0. The van der Waals surface area contributed by atoms with Gasteiger partial charge in [0, 0.05) is 6.61 Å². The van der Waals surface area contributed by atoms with E-state index in [-0.39, 0.29) is 6.10 Å². The van der Waals surface area contributed by atoms with Gasteiger partial charge in [-0.3, -0.25) is 0 Å². The van der Waals surface area contributed by atoms with Crippen LogP contribution in [0.1, 0.15) is 63.3 Å². The van der Waals surface area contributed by atoms with E-state index in [9.17, 15) is 0 Å². The number of ether oxygens (including phenoxy) is 1. The minimum absolute atomic E-state index is 0.00659. The van der Waals surface area contributed by atoms with Crippen molar-refractivity contribution >= 4 is 0 Å². The van der Waals surface area contributed by atoms with E-state index in [1.165, 1.54) is 6.42 Å². The zero-order valence-corrected chi connectivity index (χ0v) is 10.9. The van der Waals surface area contributed by atoms with Gasteiger partial charge in [-0.15, -0.1) is 0 Å². The molecule has 1 aromatic rings. The molecule has 1 saturated carbocycles. The molecule has 3 unspecified atom stereocenters. The summed E-state index contributed by atoms with van der Waals surface area (Å²) in [5, 5.41) is 4.05. The number of nitrogens with zero attached hydrogens (tertiary/aromatic N) is 2. The van der Waals surface area contributed by atoms with E-state index in [1.54, 1.807) is 0 Å². The number of nitrogens with two attached hydrogens (primary N) is 1. The Kier molecular flexibility index (Phi) is 3.11. The van der Waals surface area contributed by atoms with Crippen molar-refractivity contribution in [1.29, 1.82) is 0 Å². The van der Waals surface area contributed by atoms with Crippen LogP contribution in [0.25, 0.3) is 0 Å². The van der Waals surface area contributed by atoms with Crippen molar-refractivity contribution in [2.24, 2.45) is 11.7 Å². The lowest BCUT2D eigenvalue weighted by molar-refractivity contribution is 0.103. The van der Waals surface area contributed by atoms with Gasteiger partial charge >= 0.3 is 0 Å². The Labute approximate surface area is 107 Å². The molecule has 1 aliphatic heterocycles. The quantitative estimate of drug-likeness (QED) is 0.872. The van der Waals surface area contributed by atoms with Crippen molar-refractivity contribution in [3.05, 3.63) is 11.7 Å². The van der Waals surface area contributed by atoms with Gasteiger partial charge in [0.2, 0.25) is 11.7 Å². The van der Waals surface area contributed by atoms with E-state index >= 15 is 0 Å². The summed E-state index contributed by atoms with van der Waals surface area (Å²) in [5.74, 6) is 1.90. The average Bonchev–Trinajstić information content (AvgIpc) is 3.00. The summed E-state index contributed by atoms with van der Waals surface area (Å²) in [5.41, 5.74) is 6.02. The summed E-state index contributed by atoms with van der Waals surface area (Å²) in [4.78, 5) is 4.49. The fourth-order valence-corrected chi connectivity index (χ4v) is 3.14. The first-order valence-electron chi connectivity index (χ1n) is 6.92. The standard InChI is InChI=1S/C13H21N3O2/c1-9-4-2-6-13(14,8-9)12-15-11(16-18-12)10-5-3-7-17-10/h9-10H,2-8,14H2,1H3. The second-order valence-corrected chi connectivity index (χ2v) is 5.82. The highest BCUT2D eigenvalue weighted by Crippen LogP contribution is 2.37. The second-order valence-electron chi connectivity index (χ2n) is 5.82. The van der Waals surface area contributed by atoms with Crippen LogP contribution in [0.15, 0.2) is 4.52 Å². The maximum Gasteiger partial charge on any atom is 0.246 e. The maximum absolute atomic E-state index is 6.45. The van der Waals surface area contributed by atoms with Gasteiger partial charge in [-0.25, -0.2) is 0 Å². The smallest absolute Gasteiger partial charge is 0.246 e. The molecular weight excluding hydrogens is 230 g/mol. The lowest BCUT2D eigenvalue weighted by Crippen LogP contribution is -2.41. The monoisotopic (exact) mass is 251 g/mol. The highest BCUT2D eigenvalue weighted by Gasteiger charge is 2.38. The third-order valence-corrected chi connectivity index (χ3v) is 4.12. The lowest BCUT2D eigenvalue weighted by atomic mass is 9.77. The van der Waals surface area contributed by atoms with Crippen molar-refractivity contribution in [1.82, 2.24) is 10.1 Å². The van der Waals surface area contributed by atoms with E-state index in [4.69, 9.17) is 15.0 Å². The van der Waals surface area contributed by atoms with Crippen LogP contribution < -0.4 is 5.73 Å². The van der Waals surface area contributed by atoms with E-state index in [2.05, 4.69) is 17.1 Å². The maximum atomic E-state index is 6.45. The van der Waals surface area contributed by atoms with Crippen LogP contribution in [0.3, 0.4) is 0 Å². The number of aromatic nitrogens is 2. The summed E-state index contributed by atoms with van der Waals surface area (Å²) in [7, 11) is 0. The number of rotatable bonds is 2. The Morgan fingerprint density at radius 1 is 1.33 bits per heavy atom. The molecule has 2 fully saturated rings. The zero-order chi connectivity index (χ0) is 12.6. The highest BCUT2D eigenvalue weighted by molar-refractivity contribution is 5.06. The van der Waals surface area contributed by atoms with E-state index in [0.717, 1.165) is 38.7 Å². The predicted octanol–water partition coefficient (Wildman–Crippen LogP) is 2.29. The molecule has 1 aliphatic carbocycles. The SMILES string of the molecule is CC1CCCC(N)(c2nc(C3CCCO3)no2)C1. The molecule has 3 atom stereocenters. The molecule has 2 N–H and O–H groups in total. The zero-order valence-electron chi connectivity index (χ0n) is 10.9. The molecule has 0 aromatic carbocycles. The molecule has 100 valence electrons. The Bertz CT molecular complexity index is 414. The molecule has 1 saturated heterocycles. The molecule has 0 amide bonds. The first-order chi connectivity index (χ1) is 8.67. The summed E-state index contributed by atoms with van der Waals surface area (Å²) < 4.78 is 11.0. The number of hydrogen-bond acceptors (Lipinski definition) is 5. The van der Waals surface area contributed by atoms with Gasteiger partial charge in [0.05, 0.1) is 5.54 Å². The summed E-state index contributed by atoms with van der Waals surface area (Å²) in [6, 6.07) is 0. The van der Waals surface area contributed by atoms with Gasteiger partial charge < -0.3 is 15.0 Å². The molecule has 5 heteroatoms. The van der Waals surface area contributed by atoms with Crippen LogP contribution in [0, 0.1) is 5.92 Å². The van der Waals surface area contributed by atoms with Crippen LogP contribution in [-0.2, 0) is 10.3 Å². The second kappa shape index (κ2) is 4.63. The van der Waals surface area contributed by atoms with E-state index in [0.29, 0.717) is 17.6 Å². The molecule has 0 radical (unpaired) electrons. The average molecular weight is 251 g/mol. The van der Waals surface area contributed by atoms with E-state index < -0.39 is 5.54 Å². The Morgan fingerprint density at radius 3 is 2.94 bits per heavy atom. The van der Waals surface area contributed by atoms with Crippen LogP contribution in [0.4, 0.5) is 0 Å². The molecule has 0 spiro atoms. The van der Waals surface area contributed by atoms with Crippen LogP contribution in [0.5, 0.6) is 0 Å². The van der Waals surface area contributed by atoms with E-state index in [1.807, 2.05) is 0 Å². The lowest BCUT2D eigenvalue weighted by Gasteiger charge is -2.33. The van der Waals surface area contributed by atoms with Gasteiger partial charge in [0.15, 0.2) is 0 Å². The molecule has 3 rings (SSSR count). The molecule has 2 aliphatic rings. The minimum Gasteiger partial charge on any atom is -0.370 e. The fourth-order valence-electron chi connectivity index (χ4n) is 3.14. The van der Waals surface area contributed by atoms with Gasteiger partial charge in [-0.05, 0) is 31.6 Å². The molecule has 0 bridgehead atoms. The van der Waals surface area contributed by atoms with Crippen LogP contribution >= 0.6 is 0 Å². The fraction of sp³-hybridized carbons (Fsp3) is 0.846. The van der Waals surface area contributed by atoms with Gasteiger partial charge in [0.25, 0.3) is 0 Å². The first-order valence-corrected chi connectivity index (χ1v) is 6.92. The van der Waals surface area contributed by atoms with Crippen LogP contribution in [-0.4, -0.2) is 16.7 Å². The topological polar surface area (TPSA) is 74.2 Å². The molecule has 18 heavy (non-hydrogen) atoms. The molecule has 2 heterocycles. The number of hydrogen-bond donors (Lipinski definition) is 1. The third kappa shape index (κ3) is 2.17. The Balaban J connectivity index is 1.79. The van der Waals surface area contributed by atoms with Gasteiger partial charge in [0.1, 0.15) is 6.10 Å². The van der Waals surface area contributed by atoms with Crippen molar-refractivity contribution in [2.75, 3.05) is 6.61 Å². The first kappa shape index (κ1) is 12.1. The minimum atomic E-state index is -0.429. The van der Waals surface area contributed by atoms with Gasteiger partial charge in [-0.2, -0.15) is 4.98 Å². The molecule has 1 aromatic heterocycles. The summed E-state index contributed by atoms with van der Waals surface area (Å²) in [6.07, 6.45) is 6.30. The summed E-state index contributed by atoms with van der Waals surface area (Å²) in [6.45, 7) is 3.03. The van der Waals surface area contributed by atoms with Crippen molar-refractivity contribution in [3.8, 4) is 0 Å². The largest absolute Gasteiger partial charge is 0.370 e. The van der Waals surface area contributed by atoms with Crippen molar-refractivity contribution in [3.63, 3.8) is 0 Å². The third-order valence-electron chi connectivity index (χ3n) is 4.12. The Morgan fingerprint density at radius 2 is 2.22 bits per heavy atom. The highest BCUT2D eigenvalue weighted by atomic mass is 16.5. The summed E-state index contributed by atoms with van der Waals surface area (Å²) >= 11 is 0.